The number of hydrogen-bond donors (Lipinski definition) is 1. The molecule has 15 heavy (non-hydrogen) atoms. The van der Waals surface area contributed by atoms with Crippen LogP contribution >= 0.6 is 0 Å². The van der Waals surface area contributed by atoms with Gasteiger partial charge < -0.3 is 5.11 Å². The Morgan fingerprint density at radius 2 is 1.93 bits per heavy atom. The number of nitriles is 1. The van der Waals surface area contributed by atoms with Gasteiger partial charge in [0.05, 0.1) is 6.07 Å². The minimum absolute atomic E-state index is 0.0708. The first-order valence-corrected chi connectivity index (χ1v) is 4.77. The van der Waals surface area contributed by atoms with E-state index in [1.54, 1.807) is 6.92 Å². The molecule has 0 heterocycles. The third-order valence-corrected chi connectivity index (χ3v) is 1.71. The van der Waals surface area contributed by atoms with Crippen molar-refractivity contribution in [2.24, 2.45) is 5.41 Å². The minimum atomic E-state index is -0.924. The van der Waals surface area contributed by atoms with Gasteiger partial charge in [-0.2, -0.15) is 5.26 Å². The van der Waals surface area contributed by atoms with Crippen LogP contribution in [0.15, 0.2) is 23.3 Å². The number of carbonyl (C=O) groups is 1. The molecule has 0 saturated heterocycles. The molecule has 0 aliphatic heterocycles. The number of carboxylic acid groups (broad SMARTS) is 1. The summed E-state index contributed by atoms with van der Waals surface area (Å²) in [7, 11) is 0. The lowest BCUT2D eigenvalue weighted by Gasteiger charge is -2.17. The van der Waals surface area contributed by atoms with E-state index < -0.39 is 5.97 Å². The molecule has 0 spiro atoms. The van der Waals surface area contributed by atoms with Gasteiger partial charge in [-0.1, -0.05) is 26.8 Å². The van der Waals surface area contributed by atoms with Gasteiger partial charge in [0, 0.05) is 11.1 Å². The Bertz CT molecular complexity index is 338. The Labute approximate surface area is 90.7 Å². The molecule has 0 rings (SSSR count). The van der Waals surface area contributed by atoms with Crippen LogP contribution in [0.5, 0.6) is 0 Å². The molecule has 0 aromatic heterocycles. The summed E-state index contributed by atoms with van der Waals surface area (Å²) in [6.45, 7) is 7.58. The van der Waals surface area contributed by atoms with Crippen molar-refractivity contribution in [1.29, 1.82) is 5.26 Å². The summed E-state index contributed by atoms with van der Waals surface area (Å²) in [6, 6.07) is 1.95. The molecule has 0 aromatic carbocycles. The quantitative estimate of drug-likeness (QED) is 0.439. The highest BCUT2D eigenvalue weighted by Gasteiger charge is 2.17. The van der Waals surface area contributed by atoms with Gasteiger partial charge in [-0.05, 0) is 24.8 Å². The van der Waals surface area contributed by atoms with Crippen LogP contribution in [-0.2, 0) is 4.79 Å². The maximum absolute atomic E-state index is 10.9. The molecule has 0 bridgehead atoms. The average Bonchev–Trinajstić information content (AvgIpc) is 2.09. The van der Waals surface area contributed by atoms with E-state index in [2.05, 4.69) is 0 Å². The second-order valence-electron chi connectivity index (χ2n) is 4.70. The summed E-state index contributed by atoms with van der Waals surface area (Å²) in [6.07, 6.45) is 3.53. The van der Waals surface area contributed by atoms with Gasteiger partial charge >= 0.3 is 5.97 Å². The third-order valence-electron chi connectivity index (χ3n) is 1.71. The molecule has 3 nitrogen and oxygen atoms in total. The average molecular weight is 207 g/mol. The van der Waals surface area contributed by atoms with Crippen molar-refractivity contribution in [3.63, 3.8) is 0 Å². The molecule has 82 valence electrons. The van der Waals surface area contributed by atoms with E-state index >= 15 is 0 Å². The van der Waals surface area contributed by atoms with Crippen LogP contribution in [0.4, 0.5) is 0 Å². The van der Waals surface area contributed by atoms with E-state index in [1.807, 2.05) is 26.8 Å². The van der Waals surface area contributed by atoms with Crippen LogP contribution in [0, 0.1) is 16.7 Å². The molecular weight excluding hydrogens is 190 g/mol. The van der Waals surface area contributed by atoms with Crippen molar-refractivity contribution in [3.05, 3.63) is 23.3 Å². The molecule has 0 unspecified atom stereocenters. The number of hydrogen-bond acceptors (Lipinski definition) is 2. The van der Waals surface area contributed by atoms with Gasteiger partial charge in [-0.25, -0.2) is 4.79 Å². The SMILES string of the molecule is CC(C#N)=CC=C(CC(C)(C)C)C(=O)O. The van der Waals surface area contributed by atoms with Gasteiger partial charge in [0.15, 0.2) is 0 Å². The highest BCUT2D eigenvalue weighted by molar-refractivity contribution is 5.87. The van der Waals surface area contributed by atoms with E-state index in [9.17, 15) is 4.79 Å². The predicted octanol–water partition coefficient (Wildman–Crippen LogP) is 2.90. The number of carboxylic acids is 1. The van der Waals surface area contributed by atoms with Crippen molar-refractivity contribution in [3.8, 4) is 6.07 Å². The van der Waals surface area contributed by atoms with Gasteiger partial charge in [-0.15, -0.1) is 0 Å². The number of nitrogens with zero attached hydrogens (tertiary/aromatic N) is 1. The normalized spacial score (nSPS) is 13.5. The van der Waals surface area contributed by atoms with Crippen molar-refractivity contribution in [2.75, 3.05) is 0 Å². The Morgan fingerprint density at radius 3 is 2.27 bits per heavy atom. The van der Waals surface area contributed by atoms with Crippen LogP contribution in [0.1, 0.15) is 34.1 Å². The standard InChI is InChI=1S/C12H17NO2/c1-9(8-13)5-6-10(11(14)15)7-12(2,3)4/h5-6H,7H2,1-4H3,(H,14,15). The van der Waals surface area contributed by atoms with Crippen LogP contribution < -0.4 is 0 Å². The van der Waals surface area contributed by atoms with Crippen molar-refractivity contribution >= 4 is 5.97 Å². The molecule has 0 aromatic rings. The Balaban J connectivity index is 4.86. The van der Waals surface area contributed by atoms with Crippen molar-refractivity contribution in [2.45, 2.75) is 34.1 Å². The molecular formula is C12H17NO2. The smallest absolute Gasteiger partial charge is 0.331 e. The van der Waals surface area contributed by atoms with Gasteiger partial charge in [-0.3, -0.25) is 0 Å². The van der Waals surface area contributed by atoms with Crippen LogP contribution in [0.3, 0.4) is 0 Å². The highest BCUT2D eigenvalue weighted by atomic mass is 16.4. The van der Waals surface area contributed by atoms with E-state index in [4.69, 9.17) is 10.4 Å². The lowest BCUT2D eigenvalue weighted by Crippen LogP contribution is -2.11. The molecule has 3 heteroatoms. The van der Waals surface area contributed by atoms with E-state index in [-0.39, 0.29) is 5.41 Å². The fourth-order valence-electron chi connectivity index (χ4n) is 1.04. The summed E-state index contributed by atoms with van der Waals surface area (Å²) in [5, 5.41) is 17.5. The number of aliphatic carboxylic acids is 1. The zero-order chi connectivity index (χ0) is 12.1. The number of allylic oxidation sites excluding steroid dienone is 3. The molecule has 1 N–H and O–H groups in total. The maximum Gasteiger partial charge on any atom is 0.331 e. The first kappa shape index (κ1) is 13.4. The zero-order valence-electron chi connectivity index (χ0n) is 9.66. The second kappa shape index (κ2) is 5.35. The fourth-order valence-corrected chi connectivity index (χ4v) is 1.04. The predicted molar refractivity (Wildman–Crippen MR) is 59.2 cm³/mol. The fraction of sp³-hybridized carbons (Fsp3) is 0.500. The largest absolute Gasteiger partial charge is 0.478 e. The zero-order valence-corrected chi connectivity index (χ0v) is 9.66. The summed E-state index contributed by atoms with van der Waals surface area (Å²) in [5.41, 5.74) is 0.762. The van der Waals surface area contributed by atoms with E-state index in [0.717, 1.165) is 0 Å². The molecule has 0 fully saturated rings. The Kier molecular flexibility index (Phi) is 4.80. The Hall–Kier alpha value is -1.56. The summed E-state index contributed by atoms with van der Waals surface area (Å²) in [5.74, 6) is -0.924. The topological polar surface area (TPSA) is 61.1 Å². The summed E-state index contributed by atoms with van der Waals surface area (Å²) >= 11 is 0. The van der Waals surface area contributed by atoms with Crippen LogP contribution in [0.25, 0.3) is 0 Å². The number of rotatable bonds is 3. The van der Waals surface area contributed by atoms with Gasteiger partial charge in [0.25, 0.3) is 0 Å². The van der Waals surface area contributed by atoms with Crippen molar-refractivity contribution < 1.29 is 9.90 Å². The molecule has 0 radical (unpaired) electrons. The minimum Gasteiger partial charge on any atom is -0.478 e. The van der Waals surface area contributed by atoms with E-state index in [0.29, 0.717) is 17.6 Å². The van der Waals surface area contributed by atoms with Crippen LogP contribution in [-0.4, -0.2) is 11.1 Å². The molecule has 0 aliphatic rings. The molecule has 0 atom stereocenters. The molecule has 0 saturated carbocycles. The maximum atomic E-state index is 10.9. The van der Waals surface area contributed by atoms with E-state index in [1.165, 1.54) is 12.2 Å². The lowest BCUT2D eigenvalue weighted by atomic mass is 9.87. The first-order valence-electron chi connectivity index (χ1n) is 4.77. The van der Waals surface area contributed by atoms with Crippen molar-refractivity contribution in [1.82, 2.24) is 0 Å². The third kappa shape index (κ3) is 6.50. The Morgan fingerprint density at radius 1 is 1.40 bits per heavy atom. The first-order chi connectivity index (χ1) is 6.76. The summed E-state index contributed by atoms with van der Waals surface area (Å²) < 4.78 is 0. The second-order valence-corrected chi connectivity index (χ2v) is 4.70. The summed E-state index contributed by atoms with van der Waals surface area (Å²) in [4.78, 5) is 10.9. The van der Waals surface area contributed by atoms with Gasteiger partial charge in [0.2, 0.25) is 0 Å². The monoisotopic (exact) mass is 207 g/mol. The molecule has 0 amide bonds. The lowest BCUT2D eigenvalue weighted by molar-refractivity contribution is -0.133. The van der Waals surface area contributed by atoms with Crippen LogP contribution in [0.2, 0.25) is 0 Å². The molecule has 0 aliphatic carbocycles. The van der Waals surface area contributed by atoms with Gasteiger partial charge in [0.1, 0.15) is 0 Å². The highest BCUT2D eigenvalue weighted by Crippen LogP contribution is 2.24.